The summed E-state index contributed by atoms with van der Waals surface area (Å²) in [5, 5.41) is 3.05. The van der Waals surface area contributed by atoms with E-state index in [1.54, 1.807) is 18.3 Å². The lowest BCUT2D eigenvalue weighted by atomic mass is 10.1. The summed E-state index contributed by atoms with van der Waals surface area (Å²) >= 11 is 0. The lowest BCUT2D eigenvalue weighted by Crippen LogP contribution is -2.13. The number of benzene rings is 1. The number of primary amides is 1. The Hall–Kier alpha value is -1.84. The molecule has 1 heterocycles. The minimum atomic E-state index is -0.410. The third-order valence-corrected chi connectivity index (χ3v) is 1.93. The first-order valence-electron chi connectivity index (χ1n) is 3.95. The van der Waals surface area contributed by atoms with E-state index in [4.69, 9.17) is 5.73 Å². The summed E-state index contributed by atoms with van der Waals surface area (Å²) in [5.41, 5.74) is 7.55. The van der Waals surface area contributed by atoms with E-state index in [0.717, 1.165) is 11.3 Å². The SMILES string of the molecule is NC(=O)c1ccc2c(c1)NCN=C2. The summed E-state index contributed by atoms with van der Waals surface area (Å²) in [6.45, 7) is 0.551. The predicted molar refractivity (Wildman–Crippen MR) is 51.0 cm³/mol. The van der Waals surface area contributed by atoms with E-state index in [2.05, 4.69) is 10.3 Å². The molecular formula is C9H9N3O. The van der Waals surface area contributed by atoms with E-state index < -0.39 is 5.91 Å². The molecule has 1 aromatic carbocycles. The van der Waals surface area contributed by atoms with Crippen LogP contribution in [-0.4, -0.2) is 18.8 Å². The molecule has 0 aromatic heterocycles. The highest BCUT2D eigenvalue weighted by Crippen LogP contribution is 2.17. The number of aliphatic imine (C=N–C) groups is 1. The Morgan fingerprint density at radius 3 is 3.15 bits per heavy atom. The van der Waals surface area contributed by atoms with E-state index in [-0.39, 0.29) is 0 Å². The van der Waals surface area contributed by atoms with Crippen molar-refractivity contribution in [2.45, 2.75) is 0 Å². The highest BCUT2D eigenvalue weighted by Gasteiger charge is 2.07. The Labute approximate surface area is 75.5 Å². The van der Waals surface area contributed by atoms with Crippen LogP contribution in [0, 0.1) is 0 Å². The average molecular weight is 175 g/mol. The molecule has 0 aliphatic carbocycles. The van der Waals surface area contributed by atoms with Crippen LogP contribution in [0.2, 0.25) is 0 Å². The average Bonchev–Trinajstić information content (AvgIpc) is 2.17. The molecule has 2 rings (SSSR count). The molecule has 13 heavy (non-hydrogen) atoms. The zero-order chi connectivity index (χ0) is 9.26. The van der Waals surface area contributed by atoms with Crippen molar-refractivity contribution in [3.63, 3.8) is 0 Å². The molecule has 0 unspecified atom stereocenters. The molecule has 0 fully saturated rings. The third kappa shape index (κ3) is 1.38. The Bertz CT molecular complexity index is 384. The van der Waals surface area contributed by atoms with Gasteiger partial charge in [0.2, 0.25) is 5.91 Å². The number of carbonyl (C=O) groups is 1. The first kappa shape index (κ1) is 7.79. The number of nitrogens with one attached hydrogen (secondary N) is 1. The summed E-state index contributed by atoms with van der Waals surface area (Å²) < 4.78 is 0. The van der Waals surface area contributed by atoms with E-state index in [1.165, 1.54) is 0 Å². The molecule has 1 aromatic rings. The molecule has 0 saturated heterocycles. The van der Waals surface area contributed by atoms with Crippen LogP contribution in [0.1, 0.15) is 15.9 Å². The summed E-state index contributed by atoms with van der Waals surface area (Å²) in [6.07, 6.45) is 1.77. The summed E-state index contributed by atoms with van der Waals surface area (Å²) in [4.78, 5) is 14.9. The largest absolute Gasteiger partial charge is 0.366 e. The maximum atomic E-state index is 10.8. The van der Waals surface area contributed by atoms with Gasteiger partial charge in [0.1, 0.15) is 6.67 Å². The minimum Gasteiger partial charge on any atom is -0.366 e. The molecule has 0 spiro atoms. The van der Waals surface area contributed by atoms with Gasteiger partial charge < -0.3 is 11.1 Å². The number of fused-ring (bicyclic) bond motifs is 1. The predicted octanol–water partition coefficient (Wildman–Crippen LogP) is 0.587. The molecule has 0 saturated carbocycles. The summed E-state index contributed by atoms with van der Waals surface area (Å²) in [5.74, 6) is -0.410. The van der Waals surface area contributed by atoms with Crippen molar-refractivity contribution in [2.75, 3.05) is 12.0 Å². The molecule has 1 amide bonds. The van der Waals surface area contributed by atoms with Crippen molar-refractivity contribution in [1.82, 2.24) is 0 Å². The standard InChI is InChI=1S/C9H9N3O/c10-9(13)6-1-2-7-4-11-5-12-8(7)3-6/h1-4,12H,5H2,(H2,10,13). The van der Waals surface area contributed by atoms with Crippen molar-refractivity contribution >= 4 is 17.8 Å². The van der Waals surface area contributed by atoms with Crippen LogP contribution in [0.5, 0.6) is 0 Å². The second-order valence-electron chi connectivity index (χ2n) is 2.81. The molecule has 4 nitrogen and oxygen atoms in total. The fourth-order valence-corrected chi connectivity index (χ4v) is 1.25. The lowest BCUT2D eigenvalue weighted by molar-refractivity contribution is 0.100. The van der Waals surface area contributed by atoms with E-state index in [1.807, 2.05) is 6.07 Å². The number of hydrogen-bond donors (Lipinski definition) is 2. The fraction of sp³-hybridized carbons (Fsp3) is 0.111. The maximum absolute atomic E-state index is 10.8. The molecule has 0 bridgehead atoms. The Balaban J connectivity index is 2.48. The van der Waals surface area contributed by atoms with Gasteiger partial charge in [0, 0.05) is 23.0 Å². The van der Waals surface area contributed by atoms with Gasteiger partial charge in [-0.1, -0.05) is 6.07 Å². The lowest BCUT2D eigenvalue weighted by Gasteiger charge is -2.12. The normalized spacial score (nSPS) is 13.2. The number of hydrogen-bond acceptors (Lipinski definition) is 3. The van der Waals surface area contributed by atoms with Crippen molar-refractivity contribution in [3.8, 4) is 0 Å². The second-order valence-corrected chi connectivity index (χ2v) is 2.81. The number of nitrogens with zero attached hydrogens (tertiary/aromatic N) is 1. The first-order chi connectivity index (χ1) is 6.27. The van der Waals surface area contributed by atoms with Crippen LogP contribution in [0.4, 0.5) is 5.69 Å². The van der Waals surface area contributed by atoms with Crippen LogP contribution in [0.3, 0.4) is 0 Å². The smallest absolute Gasteiger partial charge is 0.248 e. The summed E-state index contributed by atoms with van der Waals surface area (Å²) in [6, 6.07) is 5.26. The Morgan fingerprint density at radius 1 is 1.54 bits per heavy atom. The molecule has 66 valence electrons. The monoisotopic (exact) mass is 175 g/mol. The van der Waals surface area contributed by atoms with Gasteiger partial charge in [0.25, 0.3) is 0 Å². The minimum absolute atomic E-state index is 0.410. The topological polar surface area (TPSA) is 67.5 Å². The van der Waals surface area contributed by atoms with Crippen molar-refractivity contribution in [3.05, 3.63) is 29.3 Å². The molecule has 1 aliphatic rings. The molecule has 0 radical (unpaired) electrons. The van der Waals surface area contributed by atoms with Crippen molar-refractivity contribution < 1.29 is 4.79 Å². The summed E-state index contributed by atoms with van der Waals surface area (Å²) in [7, 11) is 0. The van der Waals surface area contributed by atoms with Gasteiger partial charge >= 0.3 is 0 Å². The number of anilines is 1. The van der Waals surface area contributed by atoms with Gasteiger partial charge in [-0.2, -0.15) is 0 Å². The number of amides is 1. The number of nitrogens with two attached hydrogens (primary N) is 1. The van der Waals surface area contributed by atoms with Crippen LogP contribution in [0.15, 0.2) is 23.2 Å². The zero-order valence-electron chi connectivity index (χ0n) is 6.95. The zero-order valence-corrected chi connectivity index (χ0v) is 6.95. The van der Waals surface area contributed by atoms with Crippen molar-refractivity contribution in [1.29, 1.82) is 0 Å². The van der Waals surface area contributed by atoms with Gasteiger partial charge in [-0.25, -0.2) is 0 Å². The van der Waals surface area contributed by atoms with Gasteiger partial charge in [0.15, 0.2) is 0 Å². The molecule has 3 N–H and O–H groups in total. The number of carbonyl (C=O) groups excluding carboxylic acids is 1. The van der Waals surface area contributed by atoms with Gasteiger partial charge in [0.05, 0.1) is 0 Å². The van der Waals surface area contributed by atoms with Crippen molar-refractivity contribution in [2.24, 2.45) is 10.7 Å². The molecular weight excluding hydrogens is 166 g/mol. The Kier molecular flexibility index (Phi) is 1.73. The molecule has 0 atom stereocenters. The van der Waals surface area contributed by atoms with Gasteiger partial charge in [-0.05, 0) is 12.1 Å². The van der Waals surface area contributed by atoms with E-state index in [0.29, 0.717) is 12.2 Å². The second kappa shape index (κ2) is 2.90. The first-order valence-corrected chi connectivity index (χ1v) is 3.95. The van der Waals surface area contributed by atoms with Crippen LogP contribution >= 0.6 is 0 Å². The van der Waals surface area contributed by atoms with E-state index in [9.17, 15) is 4.79 Å². The van der Waals surface area contributed by atoms with Gasteiger partial charge in [-0.15, -0.1) is 0 Å². The molecule has 1 aliphatic heterocycles. The molecule has 4 heteroatoms. The van der Waals surface area contributed by atoms with Crippen LogP contribution in [-0.2, 0) is 0 Å². The highest BCUT2D eigenvalue weighted by molar-refractivity contribution is 5.97. The number of rotatable bonds is 1. The van der Waals surface area contributed by atoms with E-state index >= 15 is 0 Å². The third-order valence-electron chi connectivity index (χ3n) is 1.93. The van der Waals surface area contributed by atoms with Crippen LogP contribution < -0.4 is 11.1 Å². The van der Waals surface area contributed by atoms with Crippen LogP contribution in [0.25, 0.3) is 0 Å². The highest BCUT2D eigenvalue weighted by atomic mass is 16.1. The maximum Gasteiger partial charge on any atom is 0.248 e. The van der Waals surface area contributed by atoms with Gasteiger partial charge in [-0.3, -0.25) is 9.79 Å². The fourth-order valence-electron chi connectivity index (χ4n) is 1.25. The quantitative estimate of drug-likeness (QED) is 0.655. The Morgan fingerprint density at radius 2 is 2.38 bits per heavy atom.